The predicted octanol–water partition coefficient (Wildman–Crippen LogP) is 3.00. The molecule has 12 heteroatoms. The van der Waals surface area contributed by atoms with Crippen LogP contribution in [-0.2, 0) is 16.0 Å². The number of benzene rings is 2. The van der Waals surface area contributed by atoms with Gasteiger partial charge in [0.2, 0.25) is 15.6 Å². The number of phenols is 2. The molecule has 0 aliphatic rings. The molecule has 2 aromatic carbocycles. The molecule has 2 rings (SSSR count). The van der Waals surface area contributed by atoms with Crippen molar-refractivity contribution in [3.8, 4) is 11.5 Å². The average Bonchev–Trinajstić information content (AvgIpc) is 2.47. The number of halogens is 4. The minimum atomic E-state index is -5.25. The highest BCUT2D eigenvalue weighted by Gasteiger charge is 2.40. The van der Waals surface area contributed by atoms with E-state index in [4.69, 9.17) is 0 Å². The first kappa shape index (κ1) is 18.4. The summed E-state index contributed by atoms with van der Waals surface area (Å²) in [6, 6.07) is 1.94. The monoisotopic (exact) mass is 381 g/mol. The Morgan fingerprint density at radius 2 is 1.72 bits per heavy atom. The highest BCUT2D eigenvalue weighted by Crippen LogP contribution is 2.42. The molecule has 0 heterocycles. The Labute approximate surface area is 136 Å². The van der Waals surface area contributed by atoms with Crippen molar-refractivity contribution in [3.05, 3.63) is 51.8 Å². The first-order valence-corrected chi connectivity index (χ1v) is 7.67. The fourth-order valence-corrected chi connectivity index (χ4v) is 3.56. The van der Waals surface area contributed by atoms with E-state index in [1.165, 1.54) is 0 Å². The molecule has 0 bridgehead atoms. The van der Waals surface area contributed by atoms with Crippen molar-refractivity contribution in [2.75, 3.05) is 0 Å². The lowest BCUT2D eigenvalue weighted by Gasteiger charge is -2.14. The van der Waals surface area contributed by atoms with Crippen LogP contribution in [0.5, 0.6) is 11.5 Å². The molecule has 25 heavy (non-hydrogen) atoms. The zero-order valence-corrected chi connectivity index (χ0v) is 12.6. The van der Waals surface area contributed by atoms with E-state index in [0.717, 1.165) is 0 Å². The first-order chi connectivity index (χ1) is 11.4. The van der Waals surface area contributed by atoms with Crippen molar-refractivity contribution < 1.29 is 41.1 Å². The molecule has 0 saturated heterocycles. The molecule has 0 aliphatic carbocycles. The SMILES string of the molecule is O=[N+]([O-])c1cc(S(=O)(=O)c2c(F)cccc2C(F)(F)F)cc(O)c1O. The van der Waals surface area contributed by atoms with Gasteiger partial charge in [0.05, 0.1) is 15.4 Å². The van der Waals surface area contributed by atoms with Crippen LogP contribution >= 0.6 is 0 Å². The number of aromatic hydroxyl groups is 2. The van der Waals surface area contributed by atoms with Crippen LogP contribution in [0.25, 0.3) is 0 Å². The molecule has 7 nitrogen and oxygen atoms in total. The fourth-order valence-electron chi connectivity index (χ4n) is 2.00. The molecule has 0 amide bonds. The van der Waals surface area contributed by atoms with Crippen LogP contribution in [0.2, 0.25) is 0 Å². The predicted molar refractivity (Wildman–Crippen MR) is 73.3 cm³/mol. The van der Waals surface area contributed by atoms with Crippen LogP contribution in [-0.4, -0.2) is 23.6 Å². The van der Waals surface area contributed by atoms with Gasteiger partial charge in [0.15, 0.2) is 5.75 Å². The summed E-state index contributed by atoms with van der Waals surface area (Å²) in [6.07, 6.45) is -5.23. The van der Waals surface area contributed by atoms with E-state index in [9.17, 15) is 46.3 Å². The van der Waals surface area contributed by atoms with Gasteiger partial charge in [0.1, 0.15) is 10.7 Å². The van der Waals surface area contributed by atoms with Crippen molar-refractivity contribution in [3.63, 3.8) is 0 Å². The van der Waals surface area contributed by atoms with Crippen LogP contribution in [0, 0.1) is 15.9 Å². The second-order valence-corrected chi connectivity index (χ2v) is 6.57. The first-order valence-electron chi connectivity index (χ1n) is 6.18. The number of rotatable bonds is 3. The molecule has 2 aromatic rings. The van der Waals surface area contributed by atoms with Gasteiger partial charge in [-0.15, -0.1) is 0 Å². The number of sulfone groups is 1. The third kappa shape index (κ3) is 3.20. The molecular weight excluding hydrogens is 374 g/mol. The number of hydrogen-bond acceptors (Lipinski definition) is 6. The molecule has 0 unspecified atom stereocenters. The Hall–Kier alpha value is -2.89. The molecule has 0 fully saturated rings. The third-order valence-corrected chi connectivity index (χ3v) is 4.90. The zero-order valence-electron chi connectivity index (χ0n) is 11.8. The van der Waals surface area contributed by atoms with Gasteiger partial charge in [0.25, 0.3) is 0 Å². The highest BCUT2D eigenvalue weighted by atomic mass is 32.2. The lowest BCUT2D eigenvalue weighted by Crippen LogP contribution is -2.15. The summed E-state index contributed by atoms with van der Waals surface area (Å²) in [4.78, 5) is 6.57. The van der Waals surface area contributed by atoms with Gasteiger partial charge in [-0.25, -0.2) is 12.8 Å². The van der Waals surface area contributed by atoms with Crippen LogP contribution in [0.4, 0.5) is 23.2 Å². The summed E-state index contributed by atoms with van der Waals surface area (Å²) >= 11 is 0. The van der Waals surface area contributed by atoms with E-state index in [2.05, 4.69) is 0 Å². The van der Waals surface area contributed by atoms with Gasteiger partial charge in [-0.3, -0.25) is 10.1 Å². The summed E-state index contributed by atoms with van der Waals surface area (Å²) in [5, 5.41) is 29.5. The Morgan fingerprint density at radius 3 is 2.24 bits per heavy atom. The maximum Gasteiger partial charge on any atom is 0.417 e. The van der Waals surface area contributed by atoms with Crippen molar-refractivity contribution in [1.29, 1.82) is 0 Å². The standard InChI is InChI=1S/C13H7F4NO6S/c14-8-3-1-2-7(13(15,16)17)12(8)25(23,24)6-4-9(18(21)22)11(20)10(19)5-6/h1-5,19-20H. The van der Waals surface area contributed by atoms with Gasteiger partial charge in [0, 0.05) is 12.1 Å². The second kappa shape index (κ2) is 5.88. The van der Waals surface area contributed by atoms with E-state index >= 15 is 0 Å². The number of alkyl halides is 3. The molecule has 0 spiro atoms. The molecule has 2 N–H and O–H groups in total. The number of nitro groups is 1. The van der Waals surface area contributed by atoms with Gasteiger partial charge in [-0.05, 0) is 12.1 Å². The van der Waals surface area contributed by atoms with Crippen molar-refractivity contribution in [1.82, 2.24) is 0 Å². The quantitative estimate of drug-likeness (QED) is 0.365. The van der Waals surface area contributed by atoms with Crippen molar-refractivity contribution in [2.24, 2.45) is 0 Å². The summed E-state index contributed by atoms with van der Waals surface area (Å²) in [5.41, 5.74) is -3.09. The maximum atomic E-state index is 13.9. The Bertz CT molecular complexity index is 971. The highest BCUT2D eigenvalue weighted by molar-refractivity contribution is 7.91. The topological polar surface area (TPSA) is 118 Å². The van der Waals surface area contributed by atoms with Crippen LogP contribution in [0.1, 0.15) is 5.56 Å². The van der Waals surface area contributed by atoms with E-state index in [0.29, 0.717) is 18.2 Å². The Morgan fingerprint density at radius 1 is 1.12 bits per heavy atom. The molecule has 134 valence electrons. The molecule has 0 saturated carbocycles. The van der Waals surface area contributed by atoms with Crippen LogP contribution in [0.3, 0.4) is 0 Å². The van der Waals surface area contributed by atoms with E-state index < -0.39 is 59.3 Å². The maximum absolute atomic E-state index is 13.9. The van der Waals surface area contributed by atoms with E-state index in [1.807, 2.05) is 0 Å². The van der Waals surface area contributed by atoms with E-state index in [1.54, 1.807) is 0 Å². The summed E-state index contributed by atoms with van der Waals surface area (Å²) in [7, 11) is -5.25. The fraction of sp³-hybridized carbons (Fsp3) is 0.0769. The van der Waals surface area contributed by atoms with Crippen molar-refractivity contribution in [2.45, 2.75) is 16.0 Å². The number of nitrogens with zero attached hydrogens (tertiary/aromatic N) is 1. The van der Waals surface area contributed by atoms with Gasteiger partial charge in [-0.2, -0.15) is 13.2 Å². The minimum absolute atomic E-state index is 0.219. The number of hydrogen-bond donors (Lipinski definition) is 2. The van der Waals surface area contributed by atoms with Crippen LogP contribution in [0.15, 0.2) is 40.1 Å². The largest absolute Gasteiger partial charge is 0.504 e. The zero-order chi connectivity index (χ0) is 19.2. The van der Waals surface area contributed by atoms with Crippen molar-refractivity contribution >= 4 is 15.5 Å². The molecule has 0 atom stereocenters. The normalized spacial score (nSPS) is 12.2. The summed E-state index contributed by atoms with van der Waals surface area (Å²) < 4.78 is 77.7. The smallest absolute Gasteiger partial charge is 0.417 e. The minimum Gasteiger partial charge on any atom is -0.504 e. The number of phenolic OH excluding ortho intramolecular Hbond substituents is 2. The summed E-state index contributed by atoms with van der Waals surface area (Å²) in [5.74, 6) is -4.28. The molecule has 0 radical (unpaired) electrons. The Balaban J connectivity index is 2.85. The summed E-state index contributed by atoms with van der Waals surface area (Å²) in [6.45, 7) is 0. The molecular formula is C13H7F4NO6S. The van der Waals surface area contributed by atoms with Gasteiger partial charge < -0.3 is 10.2 Å². The lowest BCUT2D eigenvalue weighted by molar-refractivity contribution is -0.386. The lowest BCUT2D eigenvalue weighted by atomic mass is 10.2. The number of nitro benzene ring substituents is 1. The second-order valence-electron chi connectivity index (χ2n) is 4.68. The van der Waals surface area contributed by atoms with E-state index in [-0.39, 0.29) is 12.1 Å². The molecule has 0 aromatic heterocycles. The third-order valence-electron chi connectivity index (χ3n) is 3.09. The van der Waals surface area contributed by atoms with Crippen LogP contribution < -0.4 is 0 Å². The van der Waals surface area contributed by atoms with Gasteiger partial charge in [-0.1, -0.05) is 6.07 Å². The van der Waals surface area contributed by atoms with Gasteiger partial charge >= 0.3 is 11.9 Å². The Kier molecular flexibility index (Phi) is 4.34. The molecule has 0 aliphatic heterocycles. The average molecular weight is 381 g/mol.